The number of methoxy groups -OCH3 is 1. The van der Waals surface area contributed by atoms with Gasteiger partial charge >= 0.3 is 6.09 Å². The molecule has 5 heterocycles. The van der Waals surface area contributed by atoms with E-state index in [1.54, 1.807) is 22.2 Å². The molecule has 54 heavy (non-hydrogen) atoms. The van der Waals surface area contributed by atoms with E-state index in [9.17, 15) is 19.2 Å². The molecule has 3 aromatic heterocycles. The number of fused-ring (bicyclic) bond motifs is 3. The van der Waals surface area contributed by atoms with Gasteiger partial charge in [0.15, 0.2) is 5.76 Å². The number of hydrogen-bond donors (Lipinski definition) is 4. The SMILES string of the molecule is COC(=O)N[C@H](C(=O)N1CCC[C@H]1c1nc2c(ccc3cc(-c4ncc(-c5cnc([C@@H]6CCCN6C(=O)[C@@H](NC(C)=O)C(C)C)[nH]5)o4)ccc32)[nH]1)C(C)C. The number of imidazole rings is 2. The molecule has 2 aliphatic rings. The Morgan fingerprint density at radius 2 is 1.52 bits per heavy atom. The predicted molar refractivity (Wildman–Crippen MR) is 201 cm³/mol. The van der Waals surface area contributed by atoms with E-state index in [0.29, 0.717) is 42.1 Å². The van der Waals surface area contributed by atoms with Crippen LogP contribution in [0.2, 0.25) is 0 Å². The molecule has 7 rings (SSSR count). The van der Waals surface area contributed by atoms with Crippen molar-refractivity contribution in [2.24, 2.45) is 11.8 Å². The van der Waals surface area contributed by atoms with Crippen LogP contribution < -0.4 is 10.6 Å². The van der Waals surface area contributed by atoms with Crippen molar-refractivity contribution in [1.29, 1.82) is 0 Å². The molecule has 0 unspecified atom stereocenters. The molecule has 2 aromatic carbocycles. The average Bonchev–Trinajstić information content (AvgIpc) is 3.99. The number of nitrogens with zero attached hydrogens (tertiary/aromatic N) is 5. The van der Waals surface area contributed by atoms with Crippen LogP contribution in [0.1, 0.15) is 84.0 Å². The van der Waals surface area contributed by atoms with Crippen molar-refractivity contribution in [3.05, 3.63) is 54.4 Å². The predicted octanol–water partition coefficient (Wildman–Crippen LogP) is 5.63. The van der Waals surface area contributed by atoms with E-state index in [2.05, 4.69) is 30.6 Å². The summed E-state index contributed by atoms with van der Waals surface area (Å²) >= 11 is 0. The fourth-order valence-corrected chi connectivity index (χ4v) is 7.69. The fraction of sp³-hybridized carbons (Fsp3) is 0.462. The van der Waals surface area contributed by atoms with E-state index < -0.39 is 18.2 Å². The first-order valence-electron chi connectivity index (χ1n) is 18.6. The smallest absolute Gasteiger partial charge is 0.407 e. The maximum Gasteiger partial charge on any atom is 0.407 e. The lowest BCUT2D eigenvalue weighted by molar-refractivity contribution is -0.138. The molecule has 4 N–H and O–H groups in total. The summed E-state index contributed by atoms with van der Waals surface area (Å²) in [6.07, 6.45) is 5.90. The summed E-state index contributed by atoms with van der Waals surface area (Å²) in [5.74, 6) is 1.66. The number of hydrogen-bond acceptors (Lipinski definition) is 9. The van der Waals surface area contributed by atoms with Crippen molar-refractivity contribution in [3.8, 4) is 22.9 Å². The molecular formula is C39H47N9O6. The molecule has 4 atom stereocenters. The Morgan fingerprint density at radius 1 is 0.852 bits per heavy atom. The first kappa shape index (κ1) is 36.6. The zero-order chi connectivity index (χ0) is 38.3. The van der Waals surface area contributed by atoms with Crippen LogP contribution in [0.5, 0.6) is 0 Å². The van der Waals surface area contributed by atoms with Gasteiger partial charge in [0.2, 0.25) is 23.6 Å². The first-order chi connectivity index (χ1) is 25.9. The lowest BCUT2D eigenvalue weighted by Gasteiger charge is -2.30. The van der Waals surface area contributed by atoms with Gasteiger partial charge in [-0.2, -0.15) is 0 Å². The Bertz CT molecular complexity index is 2200. The van der Waals surface area contributed by atoms with Crippen LogP contribution >= 0.6 is 0 Å². The largest absolute Gasteiger partial charge is 0.453 e. The maximum atomic E-state index is 13.7. The number of nitrogens with one attached hydrogen (secondary N) is 4. The molecule has 0 saturated carbocycles. The van der Waals surface area contributed by atoms with Crippen molar-refractivity contribution in [3.63, 3.8) is 0 Å². The number of rotatable bonds is 10. The molecule has 15 nitrogen and oxygen atoms in total. The lowest BCUT2D eigenvalue weighted by Crippen LogP contribution is -2.51. The van der Waals surface area contributed by atoms with E-state index in [4.69, 9.17) is 14.1 Å². The second-order valence-electron chi connectivity index (χ2n) is 14.9. The highest BCUT2D eigenvalue weighted by Crippen LogP contribution is 2.36. The molecule has 15 heteroatoms. The minimum absolute atomic E-state index is 0.0534. The number of carbonyl (C=O) groups is 4. The van der Waals surface area contributed by atoms with Crippen LogP contribution in [0.25, 0.3) is 44.7 Å². The molecule has 0 bridgehead atoms. The zero-order valence-electron chi connectivity index (χ0n) is 31.4. The van der Waals surface area contributed by atoms with E-state index >= 15 is 0 Å². The van der Waals surface area contributed by atoms with Crippen LogP contribution in [0.3, 0.4) is 0 Å². The van der Waals surface area contributed by atoms with Gasteiger partial charge < -0.3 is 39.6 Å². The van der Waals surface area contributed by atoms with Crippen molar-refractivity contribution in [2.75, 3.05) is 20.2 Å². The van der Waals surface area contributed by atoms with Gasteiger partial charge in [-0.15, -0.1) is 0 Å². The van der Waals surface area contributed by atoms with Gasteiger partial charge in [0, 0.05) is 31.0 Å². The summed E-state index contributed by atoms with van der Waals surface area (Å²) in [5.41, 5.74) is 3.11. The minimum atomic E-state index is -0.708. The molecule has 5 aromatic rings. The second kappa shape index (κ2) is 15.0. The Kier molecular flexibility index (Phi) is 10.1. The van der Waals surface area contributed by atoms with Crippen molar-refractivity contribution in [2.45, 2.75) is 84.5 Å². The Balaban J connectivity index is 1.09. The number of amides is 4. The molecule has 0 spiro atoms. The van der Waals surface area contributed by atoms with Crippen LogP contribution in [-0.2, 0) is 19.1 Å². The summed E-state index contributed by atoms with van der Waals surface area (Å²) in [6.45, 7) is 10.2. The minimum Gasteiger partial charge on any atom is -0.453 e. The summed E-state index contributed by atoms with van der Waals surface area (Å²) in [4.78, 5) is 75.6. The molecule has 2 fully saturated rings. The van der Waals surface area contributed by atoms with Gasteiger partial charge in [-0.1, -0.05) is 39.8 Å². The number of ether oxygens (including phenoxy) is 1. The van der Waals surface area contributed by atoms with Gasteiger partial charge in [-0.05, 0) is 61.1 Å². The molecular weight excluding hydrogens is 690 g/mol. The topological polar surface area (TPSA) is 191 Å². The van der Waals surface area contributed by atoms with Crippen LogP contribution in [0.4, 0.5) is 4.79 Å². The Labute approximate surface area is 312 Å². The first-order valence-corrected chi connectivity index (χ1v) is 18.6. The third-order valence-corrected chi connectivity index (χ3v) is 10.5. The summed E-state index contributed by atoms with van der Waals surface area (Å²) in [5, 5.41) is 7.41. The van der Waals surface area contributed by atoms with Gasteiger partial charge in [-0.25, -0.2) is 19.7 Å². The number of alkyl carbamates (subject to hydrolysis) is 1. The van der Waals surface area contributed by atoms with Gasteiger partial charge in [-0.3, -0.25) is 14.4 Å². The summed E-state index contributed by atoms with van der Waals surface area (Å²) in [7, 11) is 1.29. The molecule has 2 saturated heterocycles. The second-order valence-corrected chi connectivity index (χ2v) is 14.9. The van der Waals surface area contributed by atoms with Crippen molar-refractivity contribution < 1.29 is 28.3 Å². The normalized spacial score (nSPS) is 18.5. The quantitative estimate of drug-likeness (QED) is 0.141. The highest BCUT2D eigenvalue weighted by atomic mass is 16.5. The van der Waals surface area contributed by atoms with E-state index in [1.807, 2.05) is 58.0 Å². The third-order valence-electron chi connectivity index (χ3n) is 10.5. The molecule has 2 aliphatic heterocycles. The molecule has 0 aliphatic carbocycles. The number of H-pyrrole nitrogens is 2. The van der Waals surface area contributed by atoms with E-state index in [-0.39, 0.29) is 41.6 Å². The third kappa shape index (κ3) is 7.01. The van der Waals surface area contributed by atoms with Crippen molar-refractivity contribution in [1.82, 2.24) is 45.4 Å². The van der Waals surface area contributed by atoms with Crippen molar-refractivity contribution >= 4 is 45.6 Å². The standard InChI is InChI=1S/C39H47N9O6/c1-20(2)31(42-22(5)49)37(50)47-15-7-9-28(47)34-40-18-27(44-34)30-19-41-36(54-30)24-11-13-25-23(17-24)12-14-26-33(25)45-35(43-26)29-10-8-16-48(29)38(51)32(21(3)4)46-39(52)53-6/h11-14,17-21,28-29,31-32H,7-10,15-16H2,1-6H3,(H,40,44)(H,42,49)(H,43,45)(H,46,52)/t28-,29-,31-,32-/m0/s1. The van der Waals surface area contributed by atoms with E-state index in [0.717, 1.165) is 53.1 Å². The van der Waals surface area contributed by atoms with Gasteiger partial charge in [0.1, 0.15) is 29.4 Å². The average molecular weight is 738 g/mol. The van der Waals surface area contributed by atoms with Crippen LogP contribution in [0.15, 0.2) is 47.1 Å². The Morgan fingerprint density at radius 3 is 2.17 bits per heavy atom. The maximum absolute atomic E-state index is 13.7. The number of aromatic amines is 2. The van der Waals surface area contributed by atoms with Crippen LogP contribution in [0, 0.1) is 11.8 Å². The highest BCUT2D eigenvalue weighted by molar-refractivity contribution is 6.05. The summed E-state index contributed by atoms with van der Waals surface area (Å²) < 4.78 is 11.0. The number of benzene rings is 2. The monoisotopic (exact) mass is 737 g/mol. The van der Waals surface area contributed by atoms with Crippen LogP contribution in [-0.4, -0.2) is 90.8 Å². The summed E-state index contributed by atoms with van der Waals surface area (Å²) in [6, 6.07) is 8.17. The van der Waals surface area contributed by atoms with E-state index in [1.165, 1.54) is 14.0 Å². The number of carbonyl (C=O) groups excluding carboxylic acids is 4. The fourth-order valence-electron chi connectivity index (χ4n) is 7.69. The number of likely N-dealkylation sites (tertiary alicyclic amines) is 2. The lowest BCUT2D eigenvalue weighted by atomic mass is 10.0. The van der Waals surface area contributed by atoms with Gasteiger partial charge in [0.05, 0.1) is 42.6 Å². The molecule has 284 valence electrons. The number of aromatic nitrogens is 5. The molecule has 0 radical (unpaired) electrons. The Hall–Kier alpha value is -5.73. The molecule has 4 amide bonds. The number of oxazole rings is 1. The zero-order valence-corrected chi connectivity index (χ0v) is 31.4. The highest BCUT2D eigenvalue weighted by Gasteiger charge is 2.39. The van der Waals surface area contributed by atoms with Gasteiger partial charge in [0.25, 0.3) is 0 Å².